The van der Waals surface area contributed by atoms with Crippen LogP contribution in [0, 0.1) is 11.8 Å². The highest BCUT2D eigenvalue weighted by Crippen LogP contribution is 2.29. The van der Waals surface area contributed by atoms with Crippen LogP contribution in [0.5, 0.6) is 0 Å². The number of unbranched alkanes of at least 4 members (excludes halogenated alkanes) is 4. The van der Waals surface area contributed by atoms with E-state index in [1.165, 1.54) is 4.90 Å². The lowest BCUT2D eigenvalue weighted by Gasteiger charge is -2.29. The molecule has 3 rings (SSSR count). The van der Waals surface area contributed by atoms with Gasteiger partial charge >= 0.3 is 0 Å². The zero-order chi connectivity index (χ0) is 19.2. The van der Waals surface area contributed by atoms with Gasteiger partial charge in [-0.05, 0) is 37.0 Å². The maximum Gasteiger partial charge on any atom is 0.255 e. The van der Waals surface area contributed by atoms with Crippen molar-refractivity contribution in [1.82, 2.24) is 10.2 Å². The lowest BCUT2D eigenvalue weighted by molar-refractivity contribution is -0.136. The Bertz CT molecular complexity index is 834. The monoisotopic (exact) mass is 366 g/mol. The van der Waals surface area contributed by atoms with Gasteiger partial charge in [-0.3, -0.25) is 19.7 Å². The first-order chi connectivity index (χ1) is 13.1. The Morgan fingerprint density at radius 3 is 2.81 bits per heavy atom. The molecule has 1 unspecified atom stereocenters. The third-order valence-corrected chi connectivity index (χ3v) is 4.93. The summed E-state index contributed by atoms with van der Waals surface area (Å²) in [5.74, 6) is 5.40. The fourth-order valence-corrected chi connectivity index (χ4v) is 3.48. The number of amides is 3. The lowest BCUT2D eigenvalue weighted by atomic mass is 10.0. The van der Waals surface area contributed by atoms with Crippen LogP contribution in [0.15, 0.2) is 18.2 Å². The number of aldehydes is 1. The van der Waals surface area contributed by atoms with Gasteiger partial charge in [0.2, 0.25) is 11.8 Å². The first-order valence-electron chi connectivity index (χ1n) is 9.31. The van der Waals surface area contributed by atoms with E-state index < -0.39 is 11.9 Å². The molecule has 1 aromatic carbocycles. The number of nitrogens with one attached hydrogen (secondary N) is 1. The zero-order valence-corrected chi connectivity index (χ0v) is 15.1. The fourth-order valence-electron chi connectivity index (χ4n) is 3.48. The third-order valence-electron chi connectivity index (χ3n) is 4.93. The second-order valence-electron chi connectivity index (χ2n) is 6.80. The molecule has 0 bridgehead atoms. The van der Waals surface area contributed by atoms with E-state index in [0.717, 1.165) is 43.1 Å². The van der Waals surface area contributed by atoms with Crippen molar-refractivity contribution in [2.45, 2.75) is 57.5 Å². The summed E-state index contributed by atoms with van der Waals surface area (Å²) in [4.78, 5) is 48.0. The van der Waals surface area contributed by atoms with Gasteiger partial charge in [0.15, 0.2) is 0 Å². The second-order valence-corrected chi connectivity index (χ2v) is 6.80. The normalized spacial score (nSPS) is 18.6. The van der Waals surface area contributed by atoms with Gasteiger partial charge in [-0.2, -0.15) is 0 Å². The number of benzene rings is 1. The topological polar surface area (TPSA) is 83.6 Å². The maximum atomic E-state index is 12.7. The molecule has 2 aliphatic heterocycles. The van der Waals surface area contributed by atoms with Gasteiger partial charge in [0, 0.05) is 36.9 Å². The maximum absolute atomic E-state index is 12.7. The van der Waals surface area contributed by atoms with E-state index in [0.29, 0.717) is 24.9 Å². The van der Waals surface area contributed by atoms with Crippen LogP contribution < -0.4 is 5.32 Å². The summed E-state index contributed by atoms with van der Waals surface area (Å²) in [7, 11) is 0. The van der Waals surface area contributed by atoms with Crippen molar-refractivity contribution in [3.05, 3.63) is 34.9 Å². The molecule has 1 fully saturated rings. The van der Waals surface area contributed by atoms with Crippen molar-refractivity contribution in [3.8, 4) is 11.8 Å². The highest BCUT2D eigenvalue weighted by Gasteiger charge is 2.39. The van der Waals surface area contributed by atoms with E-state index in [1.807, 2.05) is 6.07 Å². The van der Waals surface area contributed by atoms with Crippen LogP contribution in [0.1, 0.15) is 66.4 Å². The zero-order valence-electron chi connectivity index (χ0n) is 15.1. The van der Waals surface area contributed by atoms with Crippen molar-refractivity contribution in [2.24, 2.45) is 0 Å². The molecule has 0 saturated carbocycles. The first kappa shape index (κ1) is 18.8. The van der Waals surface area contributed by atoms with E-state index in [9.17, 15) is 19.2 Å². The predicted molar refractivity (Wildman–Crippen MR) is 98.5 cm³/mol. The van der Waals surface area contributed by atoms with Crippen molar-refractivity contribution >= 4 is 24.0 Å². The van der Waals surface area contributed by atoms with Crippen molar-refractivity contribution in [3.63, 3.8) is 0 Å². The number of fused-ring (bicyclic) bond motifs is 1. The van der Waals surface area contributed by atoms with E-state index in [1.54, 1.807) is 12.1 Å². The summed E-state index contributed by atoms with van der Waals surface area (Å²) in [6.45, 7) is 0.338. The molecule has 1 aromatic rings. The Hall–Kier alpha value is -2.94. The summed E-state index contributed by atoms with van der Waals surface area (Å²) in [6.07, 6.45) is 5.68. The molecule has 140 valence electrons. The lowest BCUT2D eigenvalue weighted by Crippen LogP contribution is -2.52. The minimum absolute atomic E-state index is 0.183. The predicted octanol–water partition coefficient (Wildman–Crippen LogP) is 1.95. The fraction of sp³-hybridized carbons (Fsp3) is 0.429. The van der Waals surface area contributed by atoms with E-state index >= 15 is 0 Å². The molecule has 1 saturated heterocycles. The molecule has 1 N–H and O–H groups in total. The Labute approximate surface area is 158 Å². The average Bonchev–Trinajstić information content (AvgIpc) is 2.98. The first-order valence-corrected chi connectivity index (χ1v) is 9.31. The van der Waals surface area contributed by atoms with Gasteiger partial charge in [-0.15, -0.1) is 0 Å². The van der Waals surface area contributed by atoms with Crippen molar-refractivity contribution < 1.29 is 19.2 Å². The molecule has 6 heteroatoms. The minimum Gasteiger partial charge on any atom is -0.322 e. The average molecular weight is 366 g/mol. The molecule has 3 amide bonds. The highest BCUT2D eigenvalue weighted by molar-refractivity contribution is 6.05. The minimum atomic E-state index is -0.610. The standard InChI is InChI=1S/C21H22N2O4/c24-13-6-4-2-1-3-5-8-15-9-7-10-16-17(15)14-23(21(16)27)18-11-12-19(25)22-20(18)26/h7,9-10,13,18H,1-4,6,11-12,14H2,(H,22,25,26). The van der Waals surface area contributed by atoms with Gasteiger partial charge in [0.25, 0.3) is 5.91 Å². The molecule has 6 nitrogen and oxygen atoms in total. The van der Waals surface area contributed by atoms with Gasteiger partial charge in [0.1, 0.15) is 12.3 Å². The Morgan fingerprint density at radius 2 is 2.04 bits per heavy atom. The van der Waals surface area contributed by atoms with Crippen molar-refractivity contribution in [1.29, 1.82) is 0 Å². The largest absolute Gasteiger partial charge is 0.322 e. The van der Waals surface area contributed by atoms with Crippen LogP contribution in [0.3, 0.4) is 0 Å². The number of piperidine rings is 1. The van der Waals surface area contributed by atoms with Gasteiger partial charge in [0.05, 0.1) is 0 Å². The molecule has 0 aromatic heterocycles. The number of hydrogen-bond acceptors (Lipinski definition) is 4. The summed E-state index contributed by atoms with van der Waals surface area (Å²) in [5.41, 5.74) is 2.24. The molecule has 0 aliphatic carbocycles. The highest BCUT2D eigenvalue weighted by atomic mass is 16.2. The number of imide groups is 1. The van der Waals surface area contributed by atoms with Gasteiger partial charge in [-0.25, -0.2) is 0 Å². The number of rotatable bonds is 6. The van der Waals surface area contributed by atoms with Crippen LogP contribution in [-0.2, 0) is 20.9 Å². The van der Waals surface area contributed by atoms with Crippen LogP contribution in [0.25, 0.3) is 0 Å². The van der Waals surface area contributed by atoms with Crippen LogP contribution in [0.4, 0.5) is 0 Å². The Morgan fingerprint density at radius 1 is 1.19 bits per heavy atom. The number of carbonyl (C=O) groups excluding carboxylic acids is 4. The van der Waals surface area contributed by atoms with Crippen LogP contribution in [-0.4, -0.2) is 34.9 Å². The van der Waals surface area contributed by atoms with Gasteiger partial charge in [-0.1, -0.05) is 24.3 Å². The number of hydrogen-bond donors (Lipinski definition) is 1. The second kappa shape index (κ2) is 8.63. The van der Waals surface area contributed by atoms with Crippen LogP contribution >= 0.6 is 0 Å². The molecule has 2 heterocycles. The van der Waals surface area contributed by atoms with E-state index in [-0.39, 0.29) is 18.2 Å². The molecule has 2 aliphatic rings. The summed E-state index contributed by atoms with van der Waals surface area (Å²) in [6, 6.07) is 4.84. The van der Waals surface area contributed by atoms with E-state index in [2.05, 4.69) is 17.2 Å². The molecule has 27 heavy (non-hydrogen) atoms. The van der Waals surface area contributed by atoms with Crippen LogP contribution in [0.2, 0.25) is 0 Å². The molecule has 0 spiro atoms. The Kier molecular flexibility index (Phi) is 6.02. The summed E-state index contributed by atoms with van der Waals surface area (Å²) < 4.78 is 0. The smallest absolute Gasteiger partial charge is 0.255 e. The molecular formula is C21H22N2O4. The number of nitrogens with zero attached hydrogens (tertiary/aromatic N) is 1. The SMILES string of the molecule is O=CCCCCCC#Cc1cccc2c1CN(C1CCC(=O)NC1=O)C2=O. The van der Waals surface area contributed by atoms with E-state index in [4.69, 9.17) is 0 Å². The summed E-state index contributed by atoms with van der Waals surface area (Å²) >= 11 is 0. The quantitative estimate of drug-likeness (QED) is 0.361. The third kappa shape index (κ3) is 4.25. The summed E-state index contributed by atoms with van der Waals surface area (Å²) in [5, 5.41) is 2.31. The van der Waals surface area contributed by atoms with Gasteiger partial charge < -0.3 is 9.69 Å². The molecule has 0 radical (unpaired) electrons. The number of carbonyl (C=O) groups is 4. The Balaban J connectivity index is 1.68. The molecular weight excluding hydrogens is 344 g/mol. The molecule has 1 atom stereocenters. The van der Waals surface area contributed by atoms with Crippen molar-refractivity contribution in [2.75, 3.05) is 0 Å².